The van der Waals surface area contributed by atoms with Crippen LogP contribution in [0, 0.1) is 5.41 Å². The average Bonchev–Trinajstić information content (AvgIpc) is 3.38. The third-order valence-corrected chi connectivity index (χ3v) is 14.8. The molecular weight excluding hydrogens is 927 g/mol. The fraction of sp³-hybridized carbons (Fsp3) is 0.391. The summed E-state index contributed by atoms with van der Waals surface area (Å²) in [5, 5.41) is 0. The minimum absolute atomic E-state index is 0.000108. The van der Waals surface area contributed by atoms with Crippen LogP contribution in [-0.2, 0) is 25.2 Å². The number of nitrogens with two attached hydrogens (primary N) is 1. The highest BCUT2D eigenvalue weighted by molar-refractivity contribution is 5.83. The molecule has 5 unspecified atom stereocenters. The molecule has 10 nitrogen and oxygen atoms in total. The molecule has 0 fully saturated rings. The molecule has 74 heavy (non-hydrogen) atoms. The molecule has 0 bridgehead atoms. The molecule has 0 aliphatic rings. The molecule has 0 spiro atoms. The SMILES string of the molecule is CCC(C)(Oc1ccc(C(C)c2ccc(OC(=O)C(C)(CN)C(C)(CC)Oc3ccc(-c4ccc(OC(=O)C(C)(CC)Oc5ccc(C(C)(C)C)cc5)cc4)cc3)cc2)cc1)C(=O)Oc1ccc(C(C)(C)C)cc1. The van der Waals surface area contributed by atoms with Crippen molar-refractivity contribution in [3.8, 4) is 45.6 Å². The van der Waals surface area contributed by atoms with E-state index >= 15 is 0 Å². The van der Waals surface area contributed by atoms with Gasteiger partial charge in [0, 0.05) is 12.5 Å². The van der Waals surface area contributed by atoms with E-state index in [4.69, 9.17) is 34.2 Å². The number of esters is 3. The van der Waals surface area contributed by atoms with Gasteiger partial charge in [-0.05, 0) is 164 Å². The fourth-order valence-electron chi connectivity index (χ4n) is 8.35. The summed E-state index contributed by atoms with van der Waals surface area (Å²) < 4.78 is 36.7. The standard InChI is InChI=1S/C64H77NO9/c1-15-62(12,58(68)71-52-38-26-48(27-39-52)59(5,6)7)72-53-34-20-45(21-35-53)43(4)44-18-30-50(31-19-44)69-56(66)61(11,42-65)64(14,17-3)74-55-36-24-47(25-37-55)46-22-32-51(33-23-46)70-57(67)63(13,16-2)73-54-40-28-49(29-41-54)60(8,9)10/h18-41,43H,15-17,42,65H2,1-14H3. The van der Waals surface area contributed by atoms with Crippen molar-refractivity contribution >= 4 is 17.9 Å². The van der Waals surface area contributed by atoms with E-state index in [1.165, 1.54) is 5.56 Å². The lowest BCUT2D eigenvalue weighted by Crippen LogP contribution is -2.58. The van der Waals surface area contributed by atoms with Crippen molar-refractivity contribution in [2.24, 2.45) is 11.1 Å². The fourth-order valence-corrected chi connectivity index (χ4v) is 8.35. The summed E-state index contributed by atoms with van der Waals surface area (Å²) in [6.07, 6.45) is 1.30. The Bertz CT molecular complexity index is 2830. The number of benzene rings is 6. The largest absolute Gasteiger partial charge is 0.486 e. The van der Waals surface area contributed by atoms with Crippen molar-refractivity contribution in [2.45, 2.75) is 150 Å². The molecule has 0 radical (unpaired) electrons. The van der Waals surface area contributed by atoms with Crippen molar-refractivity contribution in [3.63, 3.8) is 0 Å². The van der Waals surface area contributed by atoms with Gasteiger partial charge < -0.3 is 34.2 Å². The molecule has 10 heteroatoms. The van der Waals surface area contributed by atoms with Gasteiger partial charge in [0.2, 0.25) is 11.2 Å². The zero-order valence-electron chi connectivity index (χ0n) is 46.0. The van der Waals surface area contributed by atoms with Gasteiger partial charge in [-0.3, -0.25) is 4.79 Å². The summed E-state index contributed by atoms with van der Waals surface area (Å²) in [6, 6.07) is 45.5. The van der Waals surface area contributed by atoms with E-state index in [1.54, 1.807) is 45.0 Å². The van der Waals surface area contributed by atoms with Crippen LogP contribution in [0.2, 0.25) is 0 Å². The Morgan fingerprint density at radius 1 is 0.405 bits per heavy atom. The first kappa shape index (κ1) is 56.4. The van der Waals surface area contributed by atoms with Crippen LogP contribution in [0.5, 0.6) is 34.5 Å². The molecule has 6 aromatic rings. The Morgan fingerprint density at radius 3 is 1.04 bits per heavy atom. The molecule has 5 atom stereocenters. The van der Waals surface area contributed by atoms with Crippen LogP contribution >= 0.6 is 0 Å². The van der Waals surface area contributed by atoms with Crippen LogP contribution in [0.1, 0.15) is 144 Å². The minimum Gasteiger partial charge on any atom is -0.486 e. The molecule has 0 saturated carbocycles. The van der Waals surface area contributed by atoms with Gasteiger partial charge in [0.1, 0.15) is 45.5 Å². The normalized spacial score (nSPS) is 15.4. The highest BCUT2D eigenvalue weighted by Crippen LogP contribution is 2.40. The Kier molecular flexibility index (Phi) is 17.3. The molecule has 2 N–H and O–H groups in total. The number of ether oxygens (including phenoxy) is 6. The van der Waals surface area contributed by atoms with Gasteiger partial charge in [0.25, 0.3) is 0 Å². The molecule has 392 valence electrons. The lowest BCUT2D eigenvalue weighted by atomic mass is 9.72. The van der Waals surface area contributed by atoms with Gasteiger partial charge >= 0.3 is 17.9 Å². The van der Waals surface area contributed by atoms with E-state index in [-0.39, 0.29) is 23.3 Å². The second kappa shape index (κ2) is 22.7. The van der Waals surface area contributed by atoms with E-state index in [0.29, 0.717) is 53.8 Å². The highest BCUT2D eigenvalue weighted by Gasteiger charge is 2.52. The third kappa shape index (κ3) is 13.1. The van der Waals surface area contributed by atoms with Crippen molar-refractivity contribution < 1.29 is 42.8 Å². The zero-order chi connectivity index (χ0) is 54.3. The Labute approximate surface area is 439 Å². The lowest BCUT2D eigenvalue weighted by Gasteiger charge is -2.43. The Morgan fingerprint density at radius 2 is 0.703 bits per heavy atom. The van der Waals surface area contributed by atoms with E-state index in [0.717, 1.165) is 27.8 Å². The topological polar surface area (TPSA) is 133 Å². The van der Waals surface area contributed by atoms with E-state index in [2.05, 4.69) is 48.5 Å². The van der Waals surface area contributed by atoms with Crippen molar-refractivity contribution in [1.82, 2.24) is 0 Å². The molecule has 6 aromatic carbocycles. The highest BCUT2D eigenvalue weighted by atomic mass is 16.6. The number of carbonyl (C=O) groups is 3. The predicted octanol–water partition coefficient (Wildman–Crippen LogP) is 14.5. The third-order valence-electron chi connectivity index (χ3n) is 14.8. The zero-order valence-corrected chi connectivity index (χ0v) is 46.0. The van der Waals surface area contributed by atoms with Crippen LogP contribution in [0.3, 0.4) is 0 Å². The number of hydrogen-bond acceptors (Lipinski definition) is 10. The summed E-state index contributed by atoms with van der Waals surface area (Å²) in [5.74, 6) is 1.56. The first-order valence-electron chi connectivity index (χ1n) is 25.8. The molecule has 0 saturated heterocycles. The molecular formula is C64H77NO9. The second-order valence-corrected chi connectivity index (χ2v) is 22.2. The van der Waals surface area contributed by atoms with Gasteiger partial charge in [0.05, 0.1) is 0 Å². The van der Waals surface area contributed by atoms with Crippen LogP contribution in [-0.4, -0.2) is 41.3 Å². The number of carbonyl (C=O) groups excluding carboxylic acids is 3. The minimum atomic E-state index is -1.22. The monoisotopic (exact) mass is 1000 g/mol. The Balaban J connectivity index is 1.04. The molecule has 0 aliphatic carbocycles. The van der Waals surface area contributed by atoms with Crippen LogP contribution in [0.25, 0.3) is 11.1 Å². The summed E-state index contributed by atoms with van der Waals surface area (Å²) >= 11 is 0. The maximum Gasteiger partial charge on any atom is 0.355 e. The maximum atomic E-state index is 14.1. The first-order valence-corrected chi connectivity index (χ1v) is 25.8. The van der Waals surface area contributed by atoms with Gasteiger partial charge in [-0.2, -0.15) is 0 Å². The van der Waals surface area contributed by atoms with Gasteiger partial charge in [0.15, 0.2) is 0 Å². The molecule has 0 amide bonds. The summed E-state index contributed by atoms with van der Waals surface area (Å²) in [4.78, 5) is 40.9. The number of hydrogen-bond donors (Lipinski definition) is 1. The lowest BCUT2D eigenvalue weighted by molar-refractivity contribution is -0.158. The Hall–Kier alpha value is -6.91. The molecule has 0 heterocycles. The van der Waals surface area contributed by atoms with Crippen molar-refractivity contribution in [2.75, 3.05) is 6.54 Å². The molecule has 0 aliphatic heterocycles. The average molecular weight is 1000 g/mol. The van der Waals surface area contributed by atoms with Crippen LogP contribution < -0.4 is 34.2 Å². The van der Waals surface area contributed by atoms with Crippen LogP contribution in [0.15, 0.2) is 146 Å². The van der Waals surface area contributed by atoms with Gasteiger partial charge in [-0.25, -0.2) is 9.59 Å². The molecule has 0 aromatic heterocycles. The quantitative estimate of drug-likeness (QED) is 0.0582. The maximum absolute atomic E-state index is 14.1. The number of rotatable bonds is 20. The van der Waals surface area contributed by atoms with E-state index < -0.39 is 40.1 Å². The van der Waals surface area contributed by atoms with Gasteiger partial charge in [-0.15, -0.1) is 0 Å². The van der Waals surface area contributed by atoms with Crippen molar-refractivity contribution in [1.29, 1.82) is 0 Å². The van der Waals surface area contributed by atoms with E-state index in [1.807, 2.05) is 149 Å². The van der Waals surface area contributed by atoms with Gasteiger partial charge in [-0.1, -0.05) is 142 Å². The molecule has 6 rings (SSSR count). The second-order valence-electron chi connectivity index (χ2n) is 22.2. The smallest absolute Gasteiger partial charge is 0.355 e. The summed E-state index contributed by atoms with van der Waals surface area (Å²) in [7, 11) is 0. The van der Waals surface area contributed by atoms with Crippen LogP contribution in [0.4, 0.5) is 0 Å². The van der Waals surface area contributed by atoms with E-state index in [9.17, 15) is 14.4 Å². The summed E-state index contributed by atoms with van der Waals surface area (Å²) in [5.41, 5.74) is 7.99. The van der Waals surface area contributed by atoms with Crippen molar-refractivity contribution in [3.05, 3.63) is 168 Å². The summed E-state index contributed by atoms with van der Waals surface area (Å²) in [6.45, 7) is 27.9. The predicted molar refractivity (Wildman–Crippen MR) is 295 cm³/mol. The first-order chi connectivity index (χ1) is 34.8.